The van der Waals surface area contributed by atoms with E-state index in [1.807, 2.05) is 12.1 Å². The molecule has 6 atom stereocenters. The third kappa shape index (κ3) is 2.50. The Labute approximate surface area is 169 Å². The molecule has 3 aliphatic rings. The minimum Gasteiger partial charge on any atom is -0.493 e. The summed E-state index contributed by atoms with van der Waals surface area (Å²) >= 11 is 0. The van der Waals surface area contributed by atoms with Crippen molar-refractivity contribution in [2.24, 2.45) is 22.7 Å². The van der Waals surface area contributed by atoms with Crippen molar-refractivity contribution < 1.29 is 19.7 Å². The summed E-state index contributed by atoms with van der Waals surface area (Å²) in [7, 11) is 3.26. The molecule has 156 valence electrons. The van der Waals surface area contributed by atoms with Crippen LogP contribution < -0.4 is 9.47 Å². The van der Waals surface area contributed by atoms with Gasteiger partial charge >= 0.3 is 0 Å². The summed E-state index contributed by atoms with van der Waals surface area (Å²) in [6, 6.07) is 3.91. The van der Waals surface area contributed by atoms with Crippen LogP contribution in [0.15, 0.2) is 12.1 Å². The molecule has 2 fully saturated rings. The maximum atomic E-state index is 11.4. The second kappa shape index (κ2) is 6.37. The fourth-order valence-corrected chi connectivity index (χ4v) is 7.66. The van der Waals surface area contributed by atoms with E-state index < -0.39 is 12.2 Å². The van der Waals surface area contributed by atoms with Crippen LogP contribution in [0, 0.1) is 22.7 Å². The van der Waals surface area contributed by atoms with E-state index in [2.05, 4.69) is 27.7 Å². The summed E-state index contributed by atoms with van der Waals surface area (Å²) in [6.45, 7) is 9.46. The van der Waals surface area contributed by atoms with Crippen LogP contribution in [0.4, 0.5) is 0 Å². The van der Waals surface area contributed by atoms with Crippen molar-refractivity contribution in [2.75, 3.05) is 14.2 Å². The lowest BCUT2D eigenvalue weighted by molar-refractivity contribution is -0.175. The van der Waals surface area contributed by atoms with E-state index in [9.17, 15) is 10.2 Å². The van der Waals surface area contributed by atoms with Gasteiger partial charge in [-0.1, -0.05) is 34.1 Å². The van der Waals surface area contributed by atoms with Gasteiger partial charge in [-0.25, -0.2) is 0 Å². The van der Waals surface area contributed by atoms with Gasteiger partial charge < -0.3 is 19.7 Å². The molecule has 0 spiro atoms. The molecule has 0 aromatic heterocycles. The summed E-state index contributed by atoms with van der Waals surface area (Å²) in [6.07, 6.45) is 4.07. The second-order valence-corrected chi connectivity index (χ2v) is 10.6. The van der Waals surface area contributed by atoms with Crippen LogP contribution in [0.5, 0.6) is 11.5 Å². The Morgan fingerprint density at radius 3 is 2.21 bits per heavy atom. The van der Waals surface area contributed by atoms with Gasteiger partial charge in [0.2, 0.25) is 0 Å². The van der Waals surface area contributed by atoms with Crippen molar-refractivity contribution in [3.8, 4) is 11.5 Å². The lowest BCUT2D eigenvalue weighted by Crippen LogP contribution is -2.62. The lowest BCUT2D eigenvalue weighted by atomic mass is 9.40. The SMILES string of the molecule is COc1cc2c(cc1OC)[C@]1(C)CCC3C(C)(C)CCC[C@]3(C)[C@H]1C(O)C2O. The van der Waals surface area contributed by atoms with Crippen LogP contribution in [0.1, 0.15) is 77.0 Å². The summed E-state index contributed by atoms with van der Waals surface area (Å²) in [5.41, 5.74) is 2.01. The first kappa shape index (κ1) is 20.0. The van der Waals surface area contributed by atoms with Crippen molar-refractivity contribution in [2.45, 2.75) is 77.4 Å². The molecular weight excluding hydrogens is 352 g/mol. The number of hydrogen-bond donors (Lipinski definition) is 2. The van der Waals surface area contributed by atoms with Gasteiger partial charge in [0.25, 0.3) is 0 Å². The van der Waals surface area contributed by atoms with E-state index in [4.69, 9.17) is 9.47 Å². The Kier molecular flexibility index (Phi) is 4.56. The highest BCUT2D eigenvalue weighted by atomic mass is 16.5. The third-order valence-electron chi connectivity index (χ3n) is 8.78. The van der Waals surface area contributed by atoms with Crippen LogP contribution in [-0.4, -0.2) is 30.5 Å². The fourth-order valence-electron chi connectivity index (χ4n) is 7.66. The van der Waals surface area contributed by atoms with Gasteiger partial charge in [-0.3, -0.25) is 0 Å². The normalized spacial score (nSPS) is 41.4. The molecule has 0 heterocycles. The van der Waals surface area contributed by atoms with Gasteiger partial charge in [0.15, 0.2) is 11.5 Å². The minimum atomic E-state index is -0.895. The first-order chi connectivity index (χ1) is 13.1. The zero-order valence-electron chi connectivity index (χ0n) is 18.2. The molecule has 4 rings (SSSR count). The van der Waals surface area contributed by atoms with Gasteiger partial charge in [-0.05, 0) is 71.1 Å². The molecular formula is C24H36O4. The van der Waals surface area contributed by atoms with E-state index in [0.29, 0.717) is 17.4 Å². The van der Waals surface area contributed by atoms with Crippen molar-refractivity contribution in [3.63, 3.8) is 0 Å². The molecule has 0 aliphatic heterocycles. The number of fused-ring (bicyclic) bond motifs is 5. The summed E-state index contributed by atoms with van der Waals surface area (Å²) in [5.74, 6) is 1.89. The Hall–Kier alpha value is -1.26. The molecule has 28 heavy (non-hydrogen) atoms. The fraction of sp³-hybridized carbons (Fsp3) is 0.750. The molecule has 0 bridgehead atoms. The van der Waals surface area contributed by atoms with E-state index in [1.54, 1.807) is 14.2 Å². The number of aliphatic hydroxyl groups is 2. The molecule has 0 amide bonds. The van der Waals surface area contributed by atoms with Gasteiger partial charge in [0.05, 0.1) is 20.3 Å². The monoisotopic (exact) mass is 388 g/mol. The van der Waals surface area contributed by atoms with Crippen molar-refractivity contribution in [1.82, 2.24) is 0 Å². The number of ether oxygens (including phenoxy) is 2. The molecule has 1 aromatic carbocycles. The molecule has 3 aliphatic carbocycles. The average Bonchev–Trinajstić information content (AvgIpc) is 2.64. The molecule has 4 nitrogen and oxygen atoms in total. The van der Waals surface area contributed by atoms with E-state index in [1.165, 1.54) is 12.8 Å². The Bertz CT molecular complexity index is 772. The lowest BCUT2D eigenvalue weighted by Gasteiger charge is -2.65. The zero-order valence-corrected chi connectivity index (χ0v) is 18.2. The Morgan fingerprint density at radius 1 is 0.929 bits per heavy atom. The quantitative estimate of drug-likeness (QED) is 0.777. The standard InChI is InChI=1S/C24H36O4/c1-22(2)9-7-10-24(4)18(22)8-11-23(3)15-13-17(28-6)16(27-5)12-14(15)19(25)20(26)21(23)24/h12-13,18-21,25-26H,7-11H2,1-6H3/t18?,19?,20?,21-,23-,24-/m0/s1. The highest BCUT2D eigenvalue weighted by Gasteiger charge is 2.63. The average molecular weight is 389 g/mol. The first-order valence-corrected chi connectivity index (χ1v) is 10.7. The first-order valence-electron chi connectivity index (χ1n) is 10.7. The zero-order chi connectivity index (χ0) is 20.5. The maximum absolute atomic E-state index is 11.4. The van der Waals surface area contributed by atoms with E-state index >= 15 is 0 Å². The van der Waals surface area contributed by atoms with Crippen LogP contribution in [-0.2, 0) is 5.41 Å². The Balaban J connectivity index is 1.90. The van der Waals surface area contributed by atoms with Crippen LogP contribution in [0.25, 0.3) is 0 Å². The topological polar surface area (TPSA) is 58.9 Å². The Morgan fingerprint density at radius 2 is 1.57 bits per heavy atom. The molecule has 2 N–H and O–H groups in total. The second-order valence-electron chi connectivity index (χ2n) is 10.6. The molecule has 4 heteroatoms. The molecule has 0 radical (unpaired) electrons. The summed E-state index contributed by atoms with van der Waals surface area (Å²) in [4.78, 5) is 0. The van der Waals surface area contributed by atoms with E-state index in [0.717, 1.165) is 30.4 Å². The minimum absolute atomic E-state index is 0.0139. The van der Waals surface area contributed by atoms with Crippen LogP contribution in [0.3, 0.4) is 0 Å². The van der Waals surface area contributed by atoms with Gasteiger partial charge in [-0.15, -0.1) is 0 Å². The maximum Gasteiger partial charge on any atom is 0.161 e. The third-order valence-corrected chi connectivity index (χ3v) is 8.78. The van der Waals surface area contributed by atoms with Gasteiger partial charge in [0, 0.05) is 5.92 Å². The molecule has 1 aromatic rings. The highest BCUT2D eigenvalue weighted by Crippen LogP contribution is 2.68. The number of aliphatic hydroxyl groups excluding tert-OH is 2. The number of methoxy groups -OCH3 is 2. The van der Waals surface area contributed by atoms with Crippen LogP contribution >= 0.6 is 0 Å². The van der Waals surface area contributed by atoms with Crippen molar-refractivity contribution >= 4 is 0 Å². The molecule has 2 saturated carbocycles. The number of benzene rings is 1. The highest BCUT2D eigenvalue weighted by molar-refractivity contribution is 5.53. The smallest absolute Gasteiger partial charge is 0.161 e. The van der Waals surface area contributed by atoms with E-state index in [-0.39, 0.29) is 22.2 Å². The molecule has 0 saturated heterocycles. The van der Waals surface area contributed by atoms with Crippen LogP contribution in [0.2, 0.25) is 0 Å². The van der Waals surface area contributed by atoms with Gasteiger partial charge in [-0.2, -0.15) is 0 Å². The number of rotatable bonds is 2. The van der Waals surface area contributed by atoms with Crippen molar-refractivity contribution in [3.05, 3.63) is 23.3 Å². The predicted octanol–water partition coefficient (Wildman–Crippen LogP) is 4.61. The van der Waals surface area contributed by atoms with Crippen molar-refractivity contribution in [1.29, 1.82) is 0 Å². The molecule has 3 unspecified atom stereocenters. The predicted molar refractivity (Wildman–Crippen MR) is 110 cm³/mol. The largest absolute Gasteiger partial charge is 0.493 e. The summed E-state index contributed by atoms with van der Waals surface area (Å²) in [5, 5.41) is 22.6. The van der Waals surface area contributed by atoms with Gasteiger partial charge in [0.1, 0.15) is 6.10 Å². The summed E-state index contributed by atoms with van der Waals surface area (Å²) < 4.78 is 11.1. The number of hydrogen-bond acceptors (Lipinski definition) is 4.